The molecule has 0 N–H and O–H groups in total. The van der Waals surface area contributed by atoms with Gasteiger partial charge in [0, 0.05) is 55.7 Å². The molecule has 0 atom stereocenters. The van der Waals surface area contributed by atoms with Crippen LogP contribution >= 0.6 is 0 Å². The van der Waals surface area contributed by atoms with Crippen molar-refractivity contribution in [2.24, 2.45) is 0 Å². The number of methoxy groups -OCH3 is 1. The minimum Gasteiger partial charge on any atom is -0.494 e. The molecule has 4 heterocycles. The first kappa shape index (κ1) is 69.2. The van der Waals surface area contributed by atoms with Crippen molar-refractivity contribution in [2.75, 3.05) is 7.11 Å². The average Bonchev–Trinajstić information content (AvgIpc) is 0.795. The molecule has 21 rings (SSSR count). The summed E-state index contributed by atoms with van der Waals surface area (Å²) in [6.45, 7) is 0. The Labute approximate surface area is 649 Å². The van der Waals surface area contributed by atoms with Gasteiger partial charge in [-0.15, -0.1) is 0 Å². The number of benzene rings is 17. The molecule has 110 heavy (non-hydrogen) atoms. The smallest absolute Gasteiger partial charge is 0.494 e. The van der Waals surface area contributed by atoms with Gasteiger partial charge in [0.25, 0.3) is 0 Å². The van der Waals surface area contributed by atoms with Gasteiger partial charge in [0.2, 0.25) is 0 Å². The zero-order valence-corrected chi connectivity index (χ0v) is 60.9. The number of nitrogens with zero attached hydrogens (tertiary/aromatic N) is 6. The van der Waals surface area contributed by atoms with E-state index in [2.05, 4.69) is 289 Å². The molecule has 0 amide bonds. The normalized spacial score (nSPS) is 11.2. The van der Waals surface area contributed by atoms with Gasteiger partial charge in [0.1, 0.15) is 28.3 Å². The Morgan fingerprint density at radius 1 is 0.309 bits per heavy atom. The van der Waals surface area contributed by atoms with E-state index < -0.39 is 0 Å². The van der Waals surface area contributed by atoms with Gasteiger partial charge in [-0.1, -0.05) is 309 Å². The van der Waals surface area contributed by atoms with Crippen LogP contribution in [0.4, 0.5) is 0 Å². The van der Waals surface area contributed by atoms with Gasteiger partial charge in [-0.3, -0.25) is 9.55 Å². The van der Waals surface area contributed by atoms with Crippen molar-refractivity contribution >= 4 is 97.7 Å². The van der Waals surface area contributed by atoms with Crippen molar-refractivity contribution in [2.45, 2.75) is 0 Å². The fourth-order valence-corrected chi connectivity index (χ4v) is 15.3. The number of para-hydroxylation sites is 4. The molecule has 4 aromatic heterocycles. The number of furan rings is 1. The SMILES string of the molecule is COc1cccc2cccnc12.[CH3-].[Li+].c1ccc(-c2nc(-c3ccccc3)nc(-c3ccc(-c4cccc5oc6c7ccccc7ccc6c45)cc3)n2)cc1.c1ccc(-n2c(-c3ccc(-c4ccc5c(-c6ccc7ccccc7c6)c6ccccc6c(-c6ccc7ccccc7c6)c5c4)cc3)nc3ccccc32)cc1. The van der Waals surface area contributed by atoms with E-state index in [9.17, 15) is 0 Å². The van der Waals surface area contributed by atoms with Crippen LogP contribution in [0.25, 0.3) is 193 Å². The Morgan fingerprint density at radius 2 is 0.773 bits per heavy atom. The average molecular weight is 1410 g/mol. The molecule has 8 nitrogen and oxygen atoms in total. The molecule has 0 aliphatic carbocycles. The van der Waals surface area contributed by atoms with Gasteiger partial charge in [-0.05, 0) is 160 Å². The predicted molar refractivity (Wildman–Crippen MR) is 454 cm³/mol. The van der Waals surface area contributed by atoms with Crippen molar-refractivity contribution in [3.63, 3.8) is 0 Å². The molecule has 0 bridgehead atoms. The summed E-state index contributed by atoms with van der Waals surface area (Å²) in [7, 11) is 1.66. The van der Waals surface area contributed by atoms with Crippen LogP contribution in [0.15, 0.2) is 387 Å². The molecule has 0 saturated heterocycles. The number of ether oxygens (including phenoxy) is 1. The summed E-state index contributed by atoms with van der Waals surface area (Å²) in [5.41, 5.74) is 19.4. The largest absolute Gasteiger partial charge is 1.00 e. The molecule has 0 radical (unpaired) electrons. The predicted octanol–water partition coefficient (Wildman–Crippen LogP) is 23.6. The van der Waals surface area contributed by atoms with Crippen molar-refractivity contribution in [3.8, 4) is 101 Å². The van der Waals surface area contributed by atoms with Crippen LogP contribution in [-0.2, 0) is 0 Å². The van der Waals surface area contributed by atoms with Gasteiger partial charge in [0.05, 0.1) is 18.1 Å². The number of fused-ring (bicyclic) bond motifs is 11. The molecular formula is C101H69LiN6O2. The first-order chi connectivity index (χ1) is 53.5. The van der Waals surface area contributed by atoms with Crippen molar-refractivity contribution < 1.29 is 28.0 Å². The Bertz CT molecular complexity index is 6900. The van der Waals surface area contributed by atoms with Crippen LogP contribution in [0.2, 0.25) is 0 Å². The zero-order chi connectivity index (χ0) is 71.9. The molecule has 9 heteroatoms. The number of hydrogen-bond donors (Lipinski definition) is 0. The molecule has 0 spiro atoms. The van der Waals surface area contributed by atoms with Crippen molar-refractivity contribution in [1.82, 2.24) is 29.5 Å². The summed E-state index contributed by atoms with van der Waals surface area (Å²) < 4.78 is 13.8. The van der Waals surface area contributed by atoms with Crippen LogP contribution in [0.5, 0.6) is 5.75 Å². The molecule has 516 valence electrons. The van der Waals surface area contributed by atoms with E-state index >= 15 is 0 Å². The summed E-state index contributed by atoms with van der Waals surface area (Å²) >= 11 is 0. The second-order valence-electron chi connectivity index (χ2n) is 26.9. The van der Waals surface area contributed by atoms with E-state index in [4.69, 9.17) is 29.1 Å². The molecule has 0 fully saturated rings. The van der Waals surface area contributed by atoms with Gasteiger partial charge >= 0.3 is 18.9 Å². The van der Waals surface area contributed by atoms with Crippen LogP contribution < -0.4 is 23.6 Å². The molecule has 0 saturated carbocycles. The number of rotatable bonds is 10. The Morgan fingerprint density at radius 3 is 1.42 bits per heavy atom. The van der Waals surface area contributed by atoms with Crippen molar-refractivity contribution in [3.05, 3.63) is 390 Å². The van der Waals surface area contributed by atoms with Crippen LogP contribution in [0.3, 0.4) is 0 Å². The van der Waals surface area contributed by atoms with Crippen LogP contribution in [0, 0.1) is 7.43 Å². The van der Waals surface area contributed by atoms with Gasteiger partial charge in [-0.25, -0.2) is 19.9 Å². The Balaban J connectivity index is 0.000000141. The summed E-state index contributed by atoms with van der Waals surface area (Å²) in [4.78, 5) is 23.9. The fourth-order valence-electron chi connectivity index (χ4n) is 15.3. The third kappa shape index (κ3) is 13.0. The maximum absolute atomic E-state index is 6.40. The molecule has 17 aromatic carbocycles. The van der Waals surface area contributed by atoms with E-state index in [1.54, 1.807) is 13.3 Å². The molecule has 0 aliphatic heterocycles. The standard InChI is InChI=1S/C53H34N2.C37H23N3O.C10H9NO.CH3.Li/c1-2-16-44(17-3-1)55-50-21-11-10-20-49(50)54-53(55)38-26-22-37(23-27-38)41-30-31-47-48(34-41)52(43-29-25-36-13-5-7-15-40(36)33-43)46-19-9-8-18-45(46)51(47)42-28-24-35-12-4-6-14-39(35)32-42;1-3-11-26(12-4-1)35-38-36(27-13-5-2-6-14-27)40-37(39-35)28-20-18-25(19-21-28)29-16-9-17-32-33(29)31-23-22-24-10-7-8-15-30(24)34(31)41-32;1-12-9-6-2-4-8-5-3-7-11-10(8)9;;/h1-34H;1-23H;2-7H,1H3;1H3;/q;;;-1;+1. The number of hydrogen-bond acceptors (Lipinski definition) is 7. The molecule has 21 aromatic rings. The Hall–Kier alpha value is -13.9. The van der Waals surface area contributed by atoms with Crippen LogP contribution in [0.1, 0.15) is 0 Å². The van der Waals surface area contributed by atoms with E-state index in [0.29, 0.717) is 17.5 Å². The third-order valence-corrected chi connectivity index (χ3v) is 20.5. The van der Waals surface area contributed by atoms with E-state index in [0.717, 1.165) is 105 Å². The van der Waals surface area contributed by atoms with Gasteiger partial charge < -0.3 is 16.6 Å². The summed E-state index contributed by atoms with van der Waals surface area (Å²) in [5, 5.41) is 15.6. The Kier molecular flexibility index (Phi) is 19.0. The summed E-state index contributed by atoms with van der Waals surface area (Å²) in [5.74, 6) is 3.71. The van der Waals surface area contributed by atoms with E-state index in [1.165, 1.54) is 76.3 Å². The second kappa shape index (κ2) is 30.2. The van der Waals surface area contributed by atoms with Crippen LogP contribution in [-0.4, -0.2) is 36.6 Å². The minimum atomic E-state index is 0. The first-order valence-electron chi connectivity index (χ1n) is 36.3. The monoisotopic (exact) mass is 1400 g/mol. The van der Waals surface area contributed by atoms with Crippen molar-refractivity contribution in [1.29, 1.82) is 0 Å². The van der Waals surface area contributed by atoms with Gasteiger partial charge in [-0.2, -0.15) is 0 Å². The van der Waals surface area contributed by atoms with E-state index in [-0.39, 0.29) is 26.3 Å². The quantitative estimate of drug-likeness (QED) is 0.0765. The first-order valence-corrected chi connectivity index (χ1v) is 36.3. The number of pyridine rings is 1. The molecule has 0 unspecified atom stereocenters. The van der Waals surface area contributed by atoms with Gasteiger partial charge in [0.15, 0.2) is 17.5 Å². The topological polar surface area (TPSA) is 91.8 Å². The third-order valence-electron chi connectivity index (χ3n) is 20.5. The summed E-state index contributed by atoms with van der Waals surface area (Å²) in [6.07, 6.45) is 1.77. The second-order valence-corrected chi connectivity index (χ2v) is 26.9. The fraction of sp³-hybridized carbons (Fsp3) is 0.00990. The zero-order valence-electron chi connectivity index (χ0n) is 60.9. The maximum atomic E-state index is 6.40. The molecular weight excluding hydrogens is 1340 g/mol. The summed E-state index contributed by atoms with van der Waals surface area (Å²) in [6, 6.07) is 132. The molecule has 0 aliphatic rings. The minimum absolute atomic E-state index is 0. The number of imidazole rings is 1. The number of aromatic nitrogens is 6. The maximum Gasteiger partial charge on any atom is 1.00 e. The van der Waals surface area contributed by atoms with E-state index in [1.807, 2.05) is 97.1 Å².